The molecule has 0 bridgehead atoms. The summed E-state index contributed by atoms with van der Waals surface area (Å²) in [5.41, 5.74) is 0. The molecule has 102 valence electrons. The molecular weight excluding hydrogens is 236 g/mol. The highest BCUT2D eigenvalue weighted by molar-refractivity contribution is 5.97. The normalized spacial score (nSPS) is 25.6. The van der Waals surface area contributed by atoms with E-state index >= 15 is 0 Å². The summed E-state index contributed by atoms with van der Waals surface area (Å²) in [5, 5.41) is 14.2. The summed E-state index contributed by atoms with van der Waals surface area (Å²) >= 11 is 0. The van der Waals surface area contributed by atoms with Crippen LogP contribution in [0.5, 0.6) is 0 Å². The van der Waals surface area contributed by atoms with E-state index in [-0.39, 0.29) is 24.2 Å². The summed E-state index contributed by atoms with van der Waals surface area (Å²) in [7, 11) is 0. The monoisotopic (exact) mass is 256 g/mol. The van der Waals surface area contributed by atoms with Gasteiger partial charge in [0.15, 0.2) is 0 Å². The zero-order valence-corrected chi connectivity index (χ0v) is 10.9. The molecule has 3 N–H and O–H groups in total. The number of carboxylic acid groups (broad SMARTS) is 1. The molecule has 0 spiro atoms. The maximum absolute atomic E-state index is 11.8. The SMILES string of the molecule is CC[C@H](C[C@H]1NC(=O)[C@H](C(C)C)NC1=O)C(=O)O. The molecule has 1 fully saturated rings. The first-order chi connectivity index (χ1) is 8.36. The Morgan fingerprint density at radius 1 is 1.28 bits per heavy atom. The lowest BCUT2D eigenvalue weighted by atomic mass is 9.93. The van der Waals surface area contributed by atoms with Gasteiger partial charge >= 0.3 is 5.97 Å². The van der Waals surface area contributed by atoms with Gasteiger partial charge in [-0.3, -0.25) is 14.4 Å². The summed E-state index contributed by atoms with van der Waals surface area (Å²) < 4.78 is 0. The molecule has 6 nitrogen and oxygen atoms in total. The van der Waals surface area contributed by atoms with Crippen molar-refractivity contribution in [3.63, 3.8) is 0 Å². The number of carbonyl (C=O) groups is 3. The highest BCUT2D eigenvalue weighted by Crippen LogP contribution is 2.15. The van der Waals surface area contributed by atoms with E-state index in [0.717, 1.165) is 0 Å². The Balaban J connectivity index is 2.68. The zero-order chi connectivity index (χ0) is 13.9. The summed E-state index contributed by atoms with van der Waals surface area (Å²) in [5.74, 6) is -2.08. The van der Waals surface area contributed by atoms with Crippen LogP contribution in [-0.4, -0.2) is 35.0 Å². The van der Waals surface area contributed by atoms with Crippen LogP contribution in [0, 0.1) is 11.8 Å². The number of nitrogens with one attached hydrogen (secondary N) is 2. The van der Waals surface area contributed by atoms with Crippen LogP contribution in [-0.2, 0) is 14.4 Å². The van der Waals surface area contributed by atoms with Gasteiger partial charge in [0.2, 0.25) is 11.8 Å². The van der Waals surface area contributed by atoms with Gasteiger partial charge in [0.1, 0.15) is 12.1 Å². The highest BCUT2D eigenvalue weighted by Gasteiger charge is 2.36. The van der Waals surface area contributed by atoms with E-state index in [2.05, 4.69) is 10.6 Å². The third kappa shape index (κ3) is 3.21. The summed E-state index contributed by atoms with van der Waals surface area (Å²) in [4.78, 5) is 34.5. The Morgan fingerprint density at radius 2 is 1.89 bits per heavy atom. The number of rotatable bonds is 5. The molecule has 3 atom stereocenters. The Bertz CT molecular complexity index is 354. The summed E-state index contributed by atoms with van der Waals surface area (Å²) in [6.45, 7) is 5.44. The third-order valence-electron chi connectivity index (χ3n) is 3.24. The molecule has 0 unspecified atom stereocenters. The van der Waals surface area contributed by atoms with Gasteiger partial charge < -0.3 is 15.7 Å². The van der Waals surface area contributed by atoms with Gasteiger partial charge in [-0.05, 0) is 18.8 Å². The second-order valence-corrected chi connectivity index (χ2v) is 4.97. The number of hydrogen-bond donors (Lipinski definition) is 3. The maximum Gasteiger partial charge on any atom is 0.306 e. The van der Waals surface area contributed by atoms with Gasteiger partial charge in [0.25, 0.3) is 0 Å². The molecule has 1 saturated heterocycles. The lowest BCUT2D eigenvalue weighted by molar-refractivity contribution is -0.144. The number of hydrogen-bond acceptors (Lipinski definition) is 3. The predicted molar refractivity (Wildman–Crippen MR) is 64.7 cm³/mol. The molecule has 1 aliphatic rings. The average molecular weight is 256 g/mol. The second-order valence-electron chi connectivity index (χ2n) is 4.97. The zero-order valence-electron chi connectivity index (χ0n) is 10.9. The first kappa shape index (κ1) is 14.5. The fourth-order valence-electron chi connectivity index (χ4n) is 2.01. The molecule has 1 aliphatic heterocycles. The molecule has 0 aliphatic carbocycles. The molecule has 1 heterocycles. The van der Waals surface area contributed by atoms with Crippen molar-refractivity contribution in [2.24, 2.45) is 11.8 Å². The Kier molecular flexibility index (Phi) is 4.69. The van der Waals surface area contributed by atoms with Gasteiger partial charge in [0, 0.05) is 0 Å². The maximum atomic E-state index is 11.8. The van der Waals surface area contributed by atoms with Crippen molar-refractivity contribution >= 4 is 17.8 Å². The van der Waals surface area contributed by atoms with Gasteiger partial charge in [-0.25, -0.2) is 0 Å². The van der Waals surface area contributed by atoms with Crippen LogP contribution in [0.2, 0.25) is 0 Å². The van der Waals surface area contributed by atoms with Crippen LogP contribution in [0.15, 0.2) is 0 Å². The molecule has 2 amide bonds. The van der Waals surface area contributed by atoms with E-state index in [0.29, 0.717) is 6.42 Å². The van der Waals surface area contributed by atoms with E-state index in [1.807, 2.05) is 13.8 Å². The topological polar surface area (TPSA) is 95.5 Å². The Morgan fingerprint density at radius 3 is 2.33 bits per heavy atom. The van der Waals surface area contributed by atoms with Gasteiger partial charge in [-0.15, -0.1) is 0 Å². The van der Waals surface area contributed by atoms with Crippen molar-refractivity contribution in [3.8, 4) is 0 Å². The minimum atomic E-state index is -0.939. The molecule has 0 aromatic rings. The van der Waals surface area contributed by atoms with Crippen molar-refractivity contribution in [1.29, 1.82) is 0 Å². The Labute approximate surface area is 106 Å². The van der Waals surface area contributed by atoms with Gasteiger partial charge in [0.05, 0.1) is 5.92 Å². The number of aliphatic carboxylic acids is 1. The molecule has 0 radical (unpaired) electrons. The second kappa shape index (κ2) is 5.84. The van der Waals surface area contributed by atoms with Crippen LogP contribution in [0.1, 0.15) is 33.6 Å². The predicted octanol–water partition coefficient (Wildman–Crippen LogP) is 0.127. The third-order valence-corrected chi connectivity index (χ3v) is 3.24. The largest absolute Gasteiger partial charge is 0.481 e. The van der Waals surface area contributed by atoms with E-state index in [9.17, 15) is 14.4 Å². The molecule has 0 aromatic carbocycles. The van der Waals surface area contributed by atoms with Crippen LogP contribution in [0.4, 0.5) is 0 Å². The van der Waals surface area contributed by atoms with Crippen molar-refractivity contribution in [3.05, 3.63) is 0 Å². The molecule has 18 heavy (non-hydrogen) atoms. The molecule has 6 heteroatoms. The molecule has 1 rings (SSSR count). The number of carbonyl (C=O) groups excluding carboxylic acids is 2. The molecular formula is C12H20N2O4. The van der Waals surface area contributed by atoms with Crippen molar-refractivity contribution < 1.29 is 19.5 Å². The van der Waals surface area contributed by atoms with E-state index in [1.165, 1.54) is 0 Å². The first-order valence-corrected chi connectivity index (χ1v) is 6.20. The highest BCUT2D eigenvalue weighted by atomic mass is 16.4. The van der Waals surface area contributed by atoms with E-state index in [4.69, 9.17) is 5.11 Å². The van der Waals surface area contributed by atoms with Gasteiger partial charge in [-0.1, -0.05) is 20.8 Å². The minimum absolute atomic E-state index is 0.0105. The number of carboxylic acids is 1. The quantitative estimate of drug-likeness (QED) is 0.651. The first-order valence-electron chi connectivity index (χ1n) is 6.20. The van der Waals surface area contributed by atoms with Crippen molar-refractivity contribution in [2.75, 3.05) is 0 Å². The smallest absolute Gasteiger partial charge is 0.306 e. The van der Waals surface area contributed by atoms with E-state index < -0.39 is 24.0 Å². The summed E-state index contributed by atoms with van der Waals surface area (Å²) in [6.07, 6.45) is 0.566. The number of amides is 2. The lowest BCUT2D eigenvalue weighted by Crippen LogP contribution is -2.63. The van der Waals surface area contributed by atoms with Crippen LogP contribution in [0.3, 0.4) is 0 Å². The van der Waals surface area contributed by atoms with Crippen LogP contribution in [0.25, 0.3) is 0 Å². The van der Waals surface area contributed by atoms with E-state index in [1.54, 1.807) is 6.92 Å². The van der Waals surface area contributed by atoms with Crippen molar-refractivity contribution in [1.82, 2.24) is 10.6 Å². The van der Waals surface area contributed by atoms with Crippen LogP contribution >= 0.6 is 0 Å². The standard InChI is InChI=1S/C12H20N2O4/c1-4-7(12(17)18)5-8-10(15)14-9(6(2)3)11(16)13-8/h6-9H,4-5H2,1-3H3,(H,13,16)(H,14,15)(H,17,18)/t7-,8-,9+/m1/s1. The fourth-order valence-corrected chi connectivity index (χ4v) is 2.01. The fraction of sp³-hybridized carbons (Fsp3) is 0.750. The summed E-state index contributed by atoms with van der Waals surface area (Å²) in [6, 6.07) is -1.27. The van der Waals surface area contributed by atoms with Gasteiger partial charge in [-0.2, -0.15) is 0 Å². The Hall–Kier alpha value is -1.59. The van der Waals surface area contributed by atoms with Crippen molar-refractivity contribution in [2.45, 2.75) is 45.7 Å². The average Bonchev–Trinajstić information content (AvgIpc) is 2.28. The molecule has 0 aromatic heterocycles. The molecule has 0 saturated carbocycles. The number of piperazine rings is 1. The van der Waals surface area contributed by atoms with Crippen LogP contribution < -0.4 is 10.6 Å². The minimum Gasteiger partial charge on any atom is -0.481 e. The lowest BCUT2D eigenvalue weighted by Gasteiger charge is -2.32.